The van der Waals surface area contributed by atoms with E-state index in [9.17, 15) is 0 Å². The molecule has 4 unspecified atom stereocenters. The second kappa shape index (κ2) is 5.64. The Hall–Kier alpha value is -0.860. The molecule has 0 spiro atoms. The predicted octanol–water partition coefficient (Wildman–Crippen LogP) is 3.07. The lowest BCUT2D eigenvalue weighted by molar-refractivity contribution is 0.150. The quantitative estimate of drug-likeness (QED) is 0.893. The summed E-state index contributed by atoms with van der Waals surface area (Å²) in [6.45, 7) is 8.42. The zero-order valence-electron chi connectivity index (χ0n) is 12.2. The Balaban J connectivity index is 1.83. The number of hydrogen-bond donors (Lipinski definition) is 1. The minimum absolute atomic E-state index is 0.608. The predicted molar refractivity (Wildman–Crippen MR) is 80.1 cm³/mol. The third-order valence-corrected chi connectivity index (χ3v) is 5.15. The van der Waals surface area contributed by atoms with E-state index in [2.05, 4.69) is 54.4 Å². The van der Waals surface area contributed by atoms with Crippen molar-refractivity contribution in [2.75, 3.05) is 19.6 Å². The summed E-state index contributed by atoms with van der Waals surface area (Å²) < 4.78 is 0. The van der Waals surface area contributed by atoms with Gasteiger partial charge in [-0.1, -0.05) is 44.2 Å². The molecule has 2 fully saturated rings. The highest BCUT2D eigenvalue weighted by molar-refractivity contribution is 5.20. The van der Waals surface area contributed by atoms with Crippen molar-refractivity contribution in [1.82, 2.24) is 10.2 Å². The molecule has 3 rings (SSSR count). The maximum absolute atomic E-state index is 3.58. The summed E-state index contributed by atoms with van der Waals surface area (Å²) in [6, 6.07) is 12.5. The van der Waals surface area contributed by atoms with Gasteiger partial charge in [0.05, 0.1) is 0 Å². The Labute approximate surface area is 117 Å². The topological polar surface area (TPSA) is 15.3 Å². The number of likely N-dealkylation sites (tertiary alicyclic amines) is 1. The first-order valence-electron chi connectivity index (χ1n) is 7.86. The van der Waals surface area contributed by atoms with Gasteiger partial charge in [-0.15, -0.1) is 0 Å². The lowest BCUT2D eigenvalue weighted by Crippen LogP contribution is -2.37. The van der Waals surface area contributed by atoms with Crippen LogP contribution in [0.15, 0.2) is 30.3 Å². The number of fused-ring (bicyclic) bond motifs is 1. The molecule has 0 amide bonds. The molecule has 19 heavy (non-hydrogen) atoms. The summed E-state index contributed by atoms with van der Waals surface area (Å²) in [7, 11) is 0. The summed E-state index contributed by atoms with van der Waals surface area (Å²) in [5.74, 6) is 1.76. The molecule has 1 N–H and O–H groups in total. The molecule has 2 heterocycles. The molecule has 2 saturated heterocycles. The highest BCUT2D eigenvalue weighted by Crippen LogP contribution is 2.40. The molecule has 2 aliphatic rings. The lowest BCUT2D eigenvalue weighted by atomic mass is 9.92. The number of nitrogens with zero attached hydrogens (tertiary/aromatic N) is 1. The van der Waals surface area contributed by atoms with Crippen LogP contribution in [-0.2, 0) is 0 Å². The van der Waals surface area contributed by atoms with E-state index < -0.39 is 0 Å². The second-order valence-corrected chi connectivity index (χ2v) is 6.09. The maximum Gasteiger partial charge on any atom is 0.0348 e. The third-order valence-electron chi connectivity index (χ3n) is 5.15. The monoisotopic (exact) mass is 258 g/mol. The van der Waals surface area contributed by atoms with Gasteiger partial charge in [0, 0.05) is 18.6 Å². The Morgan fingerprint density at radius 1 is 1.21 bits per heavy atom. The van der Waals surface area contributed by atoms with Crippen LogP contribution in [0.1, 0.15) is 38.3 Å². The first-order chi connectivity index (χ1) is 9.35. The third kappa shape index (κ3) is 2.32. The second-order valence-electron chi connectivity index (χ2n) is 6.09. The van der Waals surface area contributed by atoms with Gasteiger partial charge in [0.15, 0.2) is 0 Å². The largest absolute Gasteiger partial charge is 0.316 e. The zero-order valence-corrected chi connectivity index (χ0v) is 12.2. The minimum Gasteiger partial charge on any atom is -0.316 e. The van der Waals surface area contributed by atoms with Gasteiger partial charge in [-0.25, -0.2) is 0 Å². The smallest absolute Gasteiger partial charge is 0.0348 e. The molecule has 4 atom stereocenters. The molecule has 0 radical (unpaired) electrons. The van der Waals surface area contributed by atoms with Gasteiger partial charge in [-0.2, -0.15) is 0 Å². The number of nitrogens with one attached hydrogen (secondary N) is 1. The highest BCUT2D eigenvalue weighted by Gasteiger charge is 2.45. The van der Waals surface area contributed by atoms with Gasteiger partial charge in [-0.05, 0) is 43.3 Å². The molecule has 0 bridgehead atoms. The van der Waals surface area contributed by atoms with Gasteiger partial charge < -0.3 is 5.32 Å². The SMILES string of the molecule is CCC(c1ccccc1)N1CC2CNCC2C1CC. The molecule has 2 heteroatoms. The van der Waals surface area contributed by atoms with Gasteiger partial charge in [-0.3, -0.25) is 4.90 Å². The van der Waals surface area contributed by atoms with Crippen molar-refractivity contribution >= 4 is 0 Å². The standard InChI is InChI=1S/C17H26N2/c1-3-16(13-8-6-5-7-9-13)19-12-14-10-18-11-15(14)17(19)4-2/h5-9,14-18H,3-4,10-12H2,1-2H3. The molecule has 0 aromatic heterocycles. The van der Waals surface area contributed by atoms with E-state index in [-0.39, 0.29) is 0 Å². The summed E-state index contributed by atoms with van der Waals surface area (Å²) in [6.07, 6.45) is 2.50. The van der Waals surface area contributed by atoms with Crippen molar-refractivity contribution in [2.24, 2.45) is 11.8 Å². The molecule has 104 valence electrons. The van der Waals surface area contributed by atoms with Crippen LogP contribution >= 0.6 is 0 Å². The van der Waals surface area contributed by atoms with Crippen LogP contribution in [0, 0.1) is 11.8 Å². The number of hydrogen-bond acceptors (Lipinski definition) is 2. The fraction of sp³-hybridized carbons (Fsp3) is 0.647. The molecular formula is C17H26N2. The molecule has 1 aromatic rings. The van der Waals surface area contributed by atoms with Crippen molar-refractivity contribution in [2.45, 2.75) is 38.8 Å². The number of benzene rings is 1. The van der Waals surface area contributed by atoms with Gasteiger partial charge >= 0.3 is 0 Å². The molecule has 1 aromatic carbocycles. The lowest BCUT2D eigenvalue weighted by Gasteiger charge is -2.34. The molecule has 2 nitrogen and oxygen atoms in total. The van der Waals surface area contributed by atoms with Crippen LogP contribution in [0.4, 0.5) is 0 Å². The van der Waals surface area contributed by atoms with Gasteiger partial charge in [0.1, 0.15) is 0 Å². The van der Waals surface area contributed by atoms with Crippen molar-refractivity contribution in [3.63, 3.8) is 0 Å². The van der Waals surface area contributed by atoms with Crippen LogP contribution in [-0.4, -0.2) is 30.6 Å². The molecule has 2 aliphatic heterocycles. The van der Waals surface area contributed by atoms with Gasteiger partial charge in [0.25, 0.3) is 0 Å². The van der Waals surface area contributed by atoms with Gasteiger partial charge in [0.2, 0.25) is 0 Å². The number of rotatable bonds is 4. The van der Waals surface area contributed by atoms with Crippen molar-refractivity contribution in [3.05, 3.63) is 35.9 Å². The van der Waals surface area contributed by atoms with E-state index in [1.54, 1.807) is 0 Å². The molecule has 0 saturated carbocycles. The van der Waals surface area contributed by atoms with E-state index >= 15 is 0 Å². The Morgan fingerprint density at radius 2 is 2.00 bits per heavy atom. The minimum atomic E-state index is 0.608. The van der Waals surface area contributed by atoms with E-state index in [1.165, 1.54) is 38.0 Å². The molecule has 0 aliphatic carbocycles. The summed E-state index contributed by atoms with van der Waals surface area (Å²) in [4.78, 5) is 2.80. The van der Waals surface area contributed by atoms with Crippen molar-refractivity contribution < 1.29 is 0 Å². The van der Waals surface area contributed by atoms with Crippen molar-refractivity contribution in [1.29, 1.82) is 0 Å². The van der Waals surface area contributed by atoms with Crippen LogP contribution in [0.25, 0.3) is 0 Å². The summed E-state index contributed by atoms with van der Waals surface area (Å²) in [5.41, 5.74) is 1.50. The summed E-state index contributed by atoms with van der Waals surface area (Å²) in [5, 5.41) is 3.58. The van der Waals surface area contributed by atoms with Crippen LogP contribution in [0.3, 0.4) is 0 Å². The Morgan fingerprint density at radius 3 is 2.68 bits per heavy atom. The molecular weight excluding hydrogens is 232 g/mol. The van der Waals surface area contributed by atoms with Crippen LogP contribution < -0.4 is 5.32 Å². The van der Waals surface area contributed by atoms with E-state index in [4.69, 9.17) is 0 Å². The Kier molecular flexibility index (Phi) is 3.90. The van der Waals surface area contributed by atoms with Crippen LogP contribution in [0.2, 0.25) is 0 Å². The van der Waals surface area contributed by atoms with E-state index in [1.807, 2.05) is 0 Å². The zero-order chi connectivity index (χ0) is 13.2. The average Bonchev–Trinajstić information content (AvgIpc) is 3.01. The fourth-order valence-corrected chi connectivity index (χ4v) is 4.29. The normalized spacial score (nSPS) is 32.4. The fourth-order valence-electron chi connectivity index (χ4n) is 4.29. The first-order valence-corrected chi connectivity index (χ1v) is 7.86. The average molecular weight is 258 g/mol. The van der Waals surface area contributed by atoms with Crippen molar-refractivity contribution in [3.8, 4) is 0 Å². The first kappa shape index (κ1) is 13.1. The highest BCUT2D eigenvalue weighted by atomic mass is 15.2. The summed E-state index contributed by atoms with van der Waals surface area (Å²) >= 11 is 0. The van der Waals surface area contributed by atoms with Crippen LogP contribution in [0.5, 0.6) is 0 Å². The Bertz CT molecular complexity index is 403. The van der Waals surface area contributed by atoms with E-state index in [0.717, 1.165) is 17.9 Å². The maximum atomic E-state index is 3.58. The van der Waals surface area contributed by atoms with E-state index in [0.29, 0.717) is 6.04 Å².